The Morgan fingerprint density at radius 2 is 1.59 bits per heavy atom. The molecule has 0 amide bonds. The van der Waals surface area contributed by atoms with E-state index in [0.29, 0.717) is 18.2 Å². The minimum atomic E-state index is -0.289. The number of hydrogen-bond donors (Lipinski definition) is 0. The molecular formula is C34H29N3O4. The lowest BCUT2D eigenvalue weighted by Crippen LogP contribution is -2.21. The van der Waals surface area contributed by atoms with Gasteiger partial charge >= 0.3 is 5.97 Å². The lowest BCUT2D eigenvalue weighted by molar-refractivity contribution is -0.143. The van der Waals surface area contributed by atoms with Crippen molar-refractivity contribution in [1.29, 1.82) is 0 Å². The van der Waals surface area contributed by atoms with Gasteiger partial charge in [0.05, 0.1) is 18.8 Å². The highest BCUT2D eigenvalue weighted by atomic mass is 16.5. The molecule has 3 aromatic heterocycles. The molecule has 0 aliphatic heterocycles. The quantitative estimate of drug-likeness (QED) is 0.202. The summed E-state index contributed by atoms with van der Waals surface area (Å²) in [6, 6.07) is 31.8. The fraction of sp³-hybridized carbons (Fsp3) is 0.147. The minimum absolute atomic E-state index is 0.0200. The van der Waals surface area contributed by atoms with Gasteiger partial charge in [-0.25, -0.2) is 4.98 Å². The van der Waals surface area contributed by atoms with Gasteiger partial charge in [0.2, 0.25) is 5.89 Å². The van der Waals surface area contributed by atoms with Crippen LogP contribution in [0.15, 0.2) is 125 Å². The maximum Gasteiger partial charge on any atom is 0.325 e. The first kappa shape index (κ1) is 26.1. The standard InChI is InChI=1S/C34H29N3O4/c1-2-40-32(39)22-36-19-18-28-29(14-9-15-30(28)36)34-35-27(23-41-34)21-37-20-26(16-17-31(37)38)33(24-10-5-3-6-11-24)25-12-7-4-8-13-25/h3-20,23,33H,2,21-22H2,1H3. The zero-order chi connectivity index (χ0) is 28.2. The summed E-state index contributed by atoms with van der Waals surface area (Å²) in [6.45, 7) is 2.53. The number of carbonyl (C=O) groups excluding carboxylic acids is 1. The summed E-state index contributed by atoms with van der Waals surface area (Å²) in [5, 5.41) is 0.915. The number of ether oxygens (including phenoxy) is 1. The molecule has 0 saturated heterocycles. The highest BCUT2D eigenvalue weighted by Crippen LogP contribution is 2.32. The molecule has 0 radical (unpaired) electrons. The highest BCUT2D eigenvalue weighted by Gasteiger charge is 2.19. The van der Waals surface area contributed by atoms with Gasteiger partial charge in [0.25, 0.3) is 5.56 Å². The van der Waals surface area contributed by atoms with E-state index in [1.807, 2.05) is 83.7 Å². The number of hydrogen-bond acceptors (Lipinski definition) is 5. The van der Waals surface area contributed by atoms with Gasteiger partial charge in [0.1, 0.15) is 12.8 Å². The average Bonchev–Trinajstić information content (AvgIpc) is 3.63. The van der Waals surface area contributed by atoms with Crippen LogP contribution < -0.4 is 5.56 Å². The predicted molar refractivity (Wildman–Crippen MR) is 158 cm³/mol. The normalized spacial score (nSPS) is 11.3. The Kier molecular flexibility index (Phi) is 7.32. The second-order valence-electron chi connectivity index (χ2n) is 9.81. The van der Waals surface area contributed by atoms with Crippen molar-refractivity contribution in [3.05, 3.63) is 148 Å². The van der Waals surface area contributed by atoms with Gasteiger partial charge in [-0.15, -0.1) is 0 Å². The molecule has 6 aromatic rings. The van der Waals surface area contributed by atoms with Gasteiger partial charge in [-0.2, -0.15) is 0 Å². The molecule has 0 aliphatic carbocycles. The largest absolute Gasteiger partial charge is 0.465 e. The van der Waals surface area contributed by atoms with E-state index in [-0.39, 0.29) is 30.5 Å². The molecular weight excluding hydrogens is 514 g/mol. The first-order valence-electron chi connectivity index (χ1n) is 13.6. The Bertz CT molecular complexity index is 1810. The minimum Gasteiger partial charge on any atom is -0.465 e. The molecule has 7 heteroatoms. The van der Waals surface area contributed by atoms with Crippen molar-refractivity contribution in [2.45, 2.75) is 25.9 Å². The van der Waals surface area contributed by atoms with Crippen LogP contribution in [0.5, 0.6) is 0 Å². The SMILES string of the molecule is CCOC(=O)Cn1ccc2c(-c3nc(Cn4cc(C(c5ccccc5)c5ccccc5)ccc4=O)co3)cccc21. The van der Waals surface area contributed by atoms with Gasteiger partial charge in [0.15, 0.2) is 0 Å². The van der Waals surface area contributed by atoms with E-state index in [9.17, 15) is 9.59 Å². The summed E-state index contributed by atoms with van der Waals surface area (Å²) in [6.07, 6.45) is 5.36. The van der Waals surface area contributed by atoms with Crippen LogP contribution in [0, 0.1) is 0 Å². The second-order valence-corrected chi connectivity index (χ2v) is 9.81. The Balaban J connectivity index is 1.30. The Hall–Kier alpha value is -5.17. The van der Waals surface area contributed by atoms with E-state index in [0.717, 1.165) is 33.2 Å². The molecule has 0 atom stereocenters. The molecule has 0 N–H and O–H groups in total. The Morgan fingerprint density at radius 1 is 0.854 bits per heavy atom. The number of esters is 1. The van der Waals surface area contributed by atoms with Gasteiger partial charge in [0, 0.05) is 40.8 Å². The summed E-state index contributed by atoms with van der Waals surface area (Å²) >= 11 is 0. The number of fused-ring (bicyclic) bond motifs is 1. The topological polar surface area (TPSA) is 79.3 Å². The van der Waals surface area contributed by atoms with Crippen molar-refractivity contribution < 1.29 is 13.9 Å². The van der Waals surface area contributed by atoms with Crippen LogP contribution in [0.4, 0.5) is 0 Å². The smallest absolute Gasteiger partial charge is 0.325 e. The molecule has 0 spiro atoms. The molecule has 0 aliphatic rings. The molecule has 3 heterocycles. The lowest BCUT2D eigenvalue weighted by Gasteiger charge is -2.19. The van der Waals surface area contributed by atoms with Crippen LogP contribution in [0.1, 0.15) is 35.2 Å². The van der Waals surface area contributed by atoms with E-state index < -0.39 is 0 Å². The number of oxazole rings is 1. The third-order valence-electron chi connectivity index (χ3n) is 7.14. The molecule has 0 bridgehead atoms. The fourth-order valence-electron chi connectivity index (χ4n) is 5.28. The molecule has 0 fully saturated rings. The van der Waals surface area contributed by atoms with Crippen molar-refractivity contribution in [3.63, 3.8) is 0 Å². The van der Waals surface area contributed by atoms with E-state index in [1.165, 1.54) is 0 Å². The molecule has 6 rings (SSSR count). The number of nitrogens with zero attached hydrogens (tertiary/aromatic N) is 3. The summed E-state index contributed by atoms with van der Waals surface area (Å²) < 4.78 is 14.5. The van der Waals surface area contributed by atoms with Crippen molar-refractivity contribution in [3.8, 4) is 11.5 Å². The highest BCUT2D eigenvalue weighted by molar-refractivity contribution is 5.94. The molecule has 7 nitrogen and oxygen atoms in total. The van der Waals surface area contributed by atoms with Crippen molar-refractivity contribution >= 4 is 16.9 Å². The zero-order valence-corrected chi connectivity index (χ0v) is 22.6. The van der Waals surface area contributed by atoms with E-state index >= 15 is 0 Å². The number of pyridine rings is 1. The van der Waals surface area contributed by atoms with E-state index in [2.05, 4.69) is 24.3 Å². The number of benzene rings is 3. The first-order valence-corrected chi connectivity index (χ1v) is 13.6. The summed E-state index contributed by atoms with van der Waals surface area (Å²) in [4.78, 5) is 29.7. The maximum absolute atomic E-state index is 12.9. The van der Waals surface area contributed by atoms with Crippen molar-refractivity contribution in [1.82, 2.24) is 14.1 Å². The van der Waals surface area contributed by atoms with Crippen LogP contribution in [-0.4, -0.2) is 26.7 Å². The molecule has 0 unspecified atom stereocenters. The zero-order valence-electron chi connectivity index (χ0n) is 22.6. The van der Waals surface area contributed by atoms with Gasteiger partial charge in [-0.3, -0.25) is 9.59 Å². The average molecular weight is 544 g/mol. The van der Waals surface area contributed by atoms with E-state index in [1.54, 1.807) is 23.8 Å². The molecule has 3 aromatic carbocycles. The number of carbonyl (C=O) groups is 1. The summed E-state index contributed by atoms with van der Waals surface area (Å²) in [5.74, 6) is 0.145. The molecule has 204 valence electrons. The third kappa shape index (κ3) is 5.47. The first-order chi connectivity index (χ1) is 20.1. The van der Waals surface area contributed by atoms with E-state index in [4.69, 9.17) is 14.1 Å². The molecule has 0 saturated carbocycles. The van der Waals surface area contributed by atoms with Gasteiger partial charge in [-0.05, 0) is 41.8 Å². The lowest BCUT2D eigenvalue weighted by atomic mass is 9.86. The summed E-state index contributed by atoms with van der Waals surface area (Å²) in [7, 11) is 0. The van der Waals surface area contributed by atoms with Crippen LogP contribution in [0.2, 0.25) is 0 Å². The monoisotopic (exact) mass is 543 g/mol. The van der Waals surface area contributed by atoms with Crippen LogP contribution in [-0.2, 0) is 22.6 Å². The Morgan fingerprint density at radius 3 is 2.29 bits per heavy atom. The van der Waals surface area contributed by atoms with Crippen molar-refractivity contribution in [2.75, 3.05) is 6.61 Å². The molecule has 41 heavy (non-hydrogen) atoms. The predicted octanol–water partition coefficient (Wildman–Crippen LogP) is 6.25. The fourth-order valence-corrected chi connectivity index (χ4v) is 5.28. The van der Waals surface area contributed by atoms with Crippen LogP contribution >= 0.6 is 0 Å². The van der Waals surface area contributed by atoms with Crippen LogP contribution in [0.3, 0.4) is 0 Å². The third-order valence-corrected chi connectivity index (χ3v) is 7.14. The number of aromatic nitrogens is 3. The van der Waals surface area contributed by atoms with Crippen LogP contribution in [0.25, 0.3) is 22.4 Å². The maximum atomic E-state index is 12.9. The van der Waals surface area contributed by atoms with Gasteiger partial charge in [-0.1, -0.05) is 72.8 Å². The summed E-state index contributed by atoms with van der Waals surface area (Å²) in [5.41, 5.74) is 5.52. The van der Waals surface area contributed by atoms with Crippen molar-refractivity contribution in [2.24, 2.45) is 0 Å². The number of rotatable bonds is 9. The second kappa shape index (κ2) is 11.5. The van der Waals surface area contributed by atoms with Gasteiger partial charge < -0.3 is 18.3 Å². The Labute approximate surface area is 237 Å².